The second-order valence-corrected chi connectivity index (χ2v) is 7.48. The Kier molecular flexibility index (Phi) is 6.17. The van der Waals surface area contributed by atoms with Crippen LogP contribution < -0.4 is 5.32 Å². The number of rotatable bonds is 7. The average Bonchev–Trinajstić information content (AvgIpc) is 3.21. The van der Waals surface area contributed by atoms with Gasteiger partial charge < -0.3 is 14.8 Å². The monoisotopic (exact) mass is 443 g/mol. The summed E-state index contributed by atoms with van der Waals surface area (Å²) >= 11 is 0. The minimum Gasteiger partial charge on any atom is -0.502 e. The number of carbonyl (C=O) groups excluding carboxylic acids is 1. The molecular formula is C25H21N3O5. The molecule has 8 heteroatoms. The molecule has 4 rings (SSSR count). The first-order valence-corrected chi connectivity index (χ1v) is 10.3. The van der Waals surface area contributed by atoms with E-state index >= 15 is 0 Å². The van der Waals surface area contributed by atoms with Crippen LogP contribution in [0.4, 0.5) is 5.69 Å². The number of nitrogens with zero attached hydrogens (tertiary/aromatic N) is 2. The summed E-state index contributed by atoms with van der Waals surface area (Å²) in [5.74, 6) is -0.467. The largest absolute Gasteiger partial charge is 0.502 e. The van der Waals surface area contributed by atoms with Crippen molar-refractivity contribution in [1.29, 1.82) is 0 Å². The molecule has 0 aliphatic heterocycles. The first-order valence-electron chi connectivity index (χ1n) is 10.3. The fourth-order valence-electron chi connectivity index (χ4n) is 3.57. The molecule has 0 aliphatic carbocycles. The SMILES string of the molecule is Cc1nc(C(Cc2ccccc2)NC(=O)c2cccc([N+](=O)[O-])c2O)oc1-c1ccccc1. The second-order valence-electron chi connectivity index (χ2n) is 7.48. The van der Waals surface area contributed by atoms with Gasteiger partial charge >= 0.3 is 5.69 Å². The molecule has 0 fully saturated rings. The van der Waals surface area contributed by atoms with Gasteiger partial charge in [-0.05, 0) is 18.6 Å². The lowest BCUT2D eigenvalue weighted by Gasteiger charge is -2.16. The van der Waals surface area contributed by atoms with Crippen LogP contribution in [0.25, 0.3) is 11.3 Å². The van der Waals surface area contributed by atoms with Gasteiger partial charge in [0.15, 0.2) is 5.76 Å². The van der Waals surface area contributed by atoms with Crippen molar-refractivity contribution in [3.63, 3.8) is 0 Å². The zero-order valence-corrected chi connectivity index (χ0v) is 17.8. The van der Waals surface area contributed by atoms with Crippen molar-refractivity contribution >= 4 is 11.6 Å². The normalized spacial score (nSPS) is 11.7. The van der Waals surface area contributed by atoms with Gasteiger partial charge in [0.25, 0.3) is 5.91 Å². The highest BCUT2D eigenvalue weighted by Crippen LogP contribution is 2.31. The zero-order chi connectivity index (χ0) is 23.4. The molecule has 4 aromatic rings. The highest BCUT2D eigenvalue weighted by Gasteiger charge is 2.26. The number of hydrogen-bond acceptors (Lipinski definition) is 6. The van der Waals surface area contributed by atoms with Crippen LogP contribution in [0.3, 0.4) is 0 Å². The standard InChI is InChI=1S/C25H21N3O5/c1-16-23(18-11-6-3-7-12-18)33-25(26-16)20(15-17-9-4-2-5-10-17)27-24(30)19-13-8-14-21(22(19)29)28(31)32/h2-14,20,29H,15H2,1H3,(H,27,30). The number of nitrogens with one attached hydrogen (secondary N) is 1. The van der Waals surface area contributed by atoms with Gasteiger partial charge in [-0.1, -0.05) is 66.7 Å². The predicted molar refractivity (Wildman–Crippen MR) is 122 cm³/mol. The van der Waals surface area contributed by atoms with Gasteiger partial charge in [0.1, 0.15) is 6.04 Å². The fraction of sp³-hybridized carbons (Fsp3) is 0.120. The third-order valence-electron chi connectivity index (χ3n) is 5.19. The first-order chi connectivity index (χ1) is 15.9. The fourth-order valence-corrected chi connectivity index (χ4v) is 3.57. The number of oxazole rings is 1. The Morgan fingerprint density at radius 2 is 1.73 bits per heavy atom. The number of aryl methyl sites for hydroxylation is 1. The summed E-state index contributed by atoms with van der Waals surface area (Å²) < 4.78 is 6.07. The van der Waals surface area contributed by atoms with Crippen molar-refractivity contribution in [1.82, 2.24) is 10.3 Å². The van der Waals surface area contributed by atoms with Crippen LogP contribution >= 0.6 is 0 Å². The molecule has 1 atom stereocenters. The molecule has 8 nitrogen and oxygen atoms in total. The molecule has 0 saturated heterocycles. The molecule has 0 bridgehead atoms. The third kappa shape index (κ3) is 4.74. The van der Waals surface area contributed by atoms with Crippen LogP contribution in [0.2, 0.25) is 0 Å². The van der Waals surface area contributed by atoms with Crippen molar-refractivity contribution in [3.05, 3.63) is 112 Å². The topological polar surface area (TPSA) is 118 Å². The van der Waals surface area contributed by atoms with Gasteiger partial charge in [-0.2, -0.15) is 0 Å². The van der Waals surface area contributed by atoms with Gasteiger partial charge in [-0.15, -0.1) is 0 Å². The molecule has 3 aromatic carbocycles. The number of carbonyl (C=O) groups is 1. The number of para-hydroxylation sites is 1. The number of phenolic OH excluding ortho intramolecular Hbond substituents is 1. The number of hydrogen-bond donors (Lipinski definition) is 2. The maximum Gasteiger partial charge on any atom is 0.311 e. The average molecular weight is 443 g/mol. The number of nitro benzene ring substituents is 1. The Labute approximate surface area is 189 Å². The number of benzene rings is 3. The van der Waals surface area contributed by atoms with Crippen LogP contribution in [0.1, 0.15) is 33.5 Å². The molecule has 0 radical (unpaired) electrons. The molecule has 0 saturated carbocycles. The summed E-state index contributed by atoms with van der Waals surface area (Å²) in [6, 6.07) is 22.1. The molecule has 1 unspecified atom stereocenters. The van der Waals surface area contributed by atoms with Gasteiger partial charge in [0.2, 0.25) is 11.6 Å². The maximum absolute atomic E-state index is 13.0. The third-order valence-corrected chi connectivity index (χ3v) is 5.19. The highest BCUT2D eigenvalue weighted by molar-refractivity contribution is 5.98. The van der Waals surface area contributed by atoms with E-state index in [2.05, 4.69) is 10.3 Å². The number of aromatic nitrogens is 1. The number of phenols is 1. The van der Waals surface area contributed by atoms with Gasteiger partial charge in [-0.25, -0.2) is 4.98 Å². The minimum atomic E-state index is -0.739. The van der Waals surface area contributed by atoms with Crippen molar-refractivity contribution in [3.8, 4) is 17.1 Å². The zero-order valence-electron chi connectivity index (χ0n) is 17.8. The predicted octanol–water partition coefficient (Wildman–Crippen LogP) is 4.98. The highest BCUT2D eigenvalue weighted by atomic mass is 16.6. The number of aromatic hydroxyl groups is 1. The molecule has 0 aliphatic rings. The van der Waals surface area contributed by atoms with Crippen molar-refractivity contribution in [2.75, 3.05) is 0 Å². The molecular weight excluding hydrogens is 422 g/mol. The van der Waals surface area contributed by atoms with Crippen LogP contribution in [-0.4, -0.2) is 20.9 Å². The van der Waals surface area contributed by atoms with E-state index in [0.29, 0.717) is 23.8 Å². The van der Waals surface area contributed by atoms with Gasteiger partial charge in [0, 0.05) is 18.1 Å². The number of nitro groups is 1. The van der Waals surface area contributed by atoms with E-state index in [0.717, 1.165) is 17.2 Å². The van der Waals surface area contributed by atoms with E-state index in [1.165, 1.54) is 12.1 Å². The first kappa shape index (κ1) is 21.8. The molecule has 1 amide bonds. The lowest BCUT2D eigenvalue weighted by atomic mass is 10.0. The van der Waals surface area contributed by atoms with E-state index in [-0.39, 0.29) is 5.56 Å². The van der Waals surface area contributed by atoms with Crippen molar-refractivity contribution < 1.29 is 19.2 Å². The molecule has 33 heavy (non-hydrogen) atoms. The minimum absolute atomic E-state index is 0.200. The Hall–Kier alpha value is -4.46. The summed E-state index contributed by atoms with van der Waals surface area (Å²) in [6.45, 7) is 1.82. The Balaban J connectivity index is 1.69. The van der Waals surface area contributed by atoms with Crippen LogP contribution in [0.5, 0.6) is 5.75 Å². The molecule has 1 heterocycles. The maximum atomic E-state index is 13.0. The summed E-state index contributed by atoms with van der Waals surface area (Å²) in [5, 5.41) is 24.2. The smallest absolute Gasteiger partial charge is 0.311 e. The summed E-state index contributed by atoms with van der Waals surface area (Å²) in [7, 11) is 0. The molecule has 1 aromatic heterocycles. The molecule has 0 spiro atoms. The van der Waals surface area contributed by atoms with E-state index in [1.54, 1.807) is 0 Å². The van der Waals surface area contributed by atoms with Gasteiger partial charge in [-0.3, -0.25) is 14.9 Å². The quantitative estimate of drug-likeness (QED) is 0.307. The number of amides is 1. The second kappa shape index (κ2) is 9.35. The molecule has 2 N–H and O–H groups in total. The summed E-state index contributed by atoms with van der Waals surface area (Å²) in [5.41, 5.74) is 1.72. The summed E-state index contributed by atoms with van der Waals surface area (Å²) in [4.78, 5) is 28.0. The van der Waals surface area contributed by atoms with Crippen molar-refractivity contribution in [2.45, 2.75) is 19.4 Å². The van der Waals surface area contributed by atoms with E-state index in [1.807, 2.05) is 67.6 Å². The van der Waals surface area contributed by atoms with E-state index in [9.17, 15) is 20.0 Å². The van der Waals surface area contributed by atoms with E-state index < -0.39 is 28.3 Å². The van der Waals surface area contributed by atoms with Crippen LogP contribution in [0.15, 0.2) is 83.3 Å². The lowest BCUT2D eigenvalue weighted by Crippen LogP contribution is -2.30. The lowest BCUT2D eigenvalue weighted by molar-refractivity contribution is -0.385. The summed E-state index contributed by atoms with van der Waals surface area (Å²) in [6.07, 6.45) is 0.371. The van der Waals surface area contributed by atoms with Crippen LogP contribution in [-0.2, 0) is 6.42 Å². The van der Waals surface area contributed by atoms with Crippen molar-refractivity contribution in [2.24, 2.45) is 0 Å². The van der Waals surface area contributed by atoms with E-state index in [4.69, 9.17) is 4.42 Å². The Morgan fingerprint density at radius 1 is 1.06 bits per heavy atom. The Bertz CT molecular complexity index is 1290. The van der Waals surface area contributed by atoms with Gasteiger partial charge in [0.05, 0.1) is 16.2 Å². The Morgan fingerprint density at radius 3 is 2.39 bits per heavy atom. The van der Waals surface area contributed by atoms with Crippen LogP contribution in [0, 0.1) is 17.0 Å². The molecule has 166 valence electrons.